The van der Waals surface area contributed by atoms with Gasteiger partial charge in [0.2, 0.25) is 5.91 Å². The van der Waals surface area contributed by atoms with Crippen molar-refractivity contribution in [2.45, 2.75) is 18.0 Å². The average molecular weight is 423 g/mol. The standard InChI is InChI=1S/C23H22N2O4S/c1-29-14-16-9-10-18-21(12-16)25(20-8-4-7-19(22(18)20)23(24)26)13-15-5-3-6-17(11-15)30(2,27)28/h3-12H,13-14H2,1-2H3,(H2,24,26). The molecule has 30 heavy (non-hydrogen) atoms. The number of ether oxygens (including phenoxy) is 1. The monoisotopic (exact) mass is 422 g/mol. The smallest absolute Gasteiger partial charge is 0.249 e. The predicted octanol–water partition coefficient (Wildman–Crippen LogP) is 3.49. The van der Waals surface area contributed by atoms with Crippen molar-refractivity contribution in [2.24, 2.45) is 5.73 Å². The van der Waals surface area contributed by atoms with E-state index in [2.05, 4.69) is 4.57 Å². The Bertz CT molecular complexity index is 1390. The van der Waals surface area contributed by atoms with Crippen LogP contribution in [-0.4, -0.2) is 32.3 Å². The fourth-order valence-corrected chi connectivity index (χ4v) is 4.57. The molecule has 0 saturated heterocycles. The number of primary amides is 1. The number of carbonyl (C=O) groups excluding carboxylic acids is 1. The van der Waals surface area contributed by atoms with E-state index in [1.54, 1.807) is 37.4 Å². The molecule has 6 nitrogen and oxygen atoms in total. The number of aromatic nitrogens is 1. The van der Waals surface area contributed by atoms with Crippen LogP contribution in [0.25, 0.3) is 21.8 Å². The summed E-state index contributed by atoms with van der Waals surface area (Å²) in [5.74, 6) is -0.486. The normalized spacial score (nSPS) is 11.9. The molecule has 0 atom stereocenters. The first-order valence-electron chi connectivity index (χ1n) is 9.41. The zero-order chi connectivity index (χ0) is 21.5. The number of fused-ring (bicyclic) bond motifs is 3. The molecule has 0 unspecified atom stereocenters. The maximum Gasteiger partial charge on any atom is 0.249 e. The van der Waals surface area contributed by atoms with Crippen molar-refractivity contribution in [3.8, 4) is 0 Å². The molecular formula is C23H22N2O4S. The van der Waals surface area contributed by atoms with E-state index >= 15 is 0 Å². The Balaban J connectivity index is 1.98. The van der Waals surface area contributed by atoms with Gasteiger partial charge in [-0.05, 0) is 41.5 Å². The zero-order valence-corrected chi connectivity index (χ0v) is 17.6. The minimum atomic E-state index is -3.31. The summed E-state index contributed by atoms with van der Waals surface area (Å²) in [5, 5.41) is 1.71. The minimum Gasteiger partial charge on any atom is -0.380 e. The molecule has 3 aromatic carbocycles. The van der Waals surface area contributed by atoms with Gasteiger partial charge < -0.3 is 15.0 Å². The third-order valence-corrected chi connectivity index (χ3v) is 6.31. The Morgan fingerprint density at radius 1 is 1.00 bits per heavy atom. The number of hydrogen-bond acceptors (Lipinski definition) is 4. The molecule has 0 bridgehead atoms. The summed E-state index contributed by atoms with van der Waals surface area (Å²) in [7, 11) is -1.67. The number of hydrogen-bond donors (Lipinski definition) is 1. The molecule has 154 valence electrons. The van der Waals surface area contributed by atoms with E-state index in [0.29, 0.717) is 18.7 Å². The largest absolute Gasteiger partial charge is 0.380 e. The lowest BCUT2D eigenvalue weighted by Gasteiger charge is -2.10. The van der Waals surface area contributed by atoms with Crippen LogP contribution in [0.15, 0.2) is 65.6 Å². The highest BCUT2D eigenvalue weighted by atomic mass is 32.2. The molecule has 0 fully saturated rings. The summed E-state index contributed by atoms with van der Waals surface area (Å²) in [6, 6.07) is 18.4. The quantitative estimate of drug-likeness (QED) is 0.515. The summed E-state index contributed by atoms with van der Waals surface area (Å²) in [4.78, 5) is 12.4. The van der Waals surface area contributed by atoms with Crippen LogP contribution in [0.2, 0.25) is 0 Å². The van der Waals surface area contributed by atoms with Gasteiger partial charge in [0.15, 0.2) is 9.84 Å². The number of sulfone groups is 1. The lowest BCUT2D eigenvalue weighted by atomic mass is 10.0. The molecule has 7 heteroatoms. The summed E-state index contributed by atoms with van der Waals surface area (Å²) in [6.45, 7) is 0.908. The molecule has 1 amide bonds. The Labute approximate surface area is 174 Å². The molecule has 0 spiro atoms. The summed E-state index contributed by atoms with van der Waals surface area (Å²) >= 11 is 0. The molecule has 0 saturated carbocycles. The van der Waals surface area contributed by atoms with Crippen molar-refractivity contribution in [1.82, 2.24) is 4.57 Å². The second-order valence-corrected chi connectivity index (χ2v) is 9.37. The maximum absolute atomic E-state index is 12.1. The highest BCUT2D eigenvalue weighted by Crippen LogP contribution is 2.33. The minimum absolute atomic E-state index is 0.277. The second kappa shape index (κ2) is 7.59. The molecular weight excluding hydrogens is 400 g/mol. The highest BCUT2D eigenvalue weighted by molar-refractivity contribution is 7.90. The Morgan fingerprint density at radius 3 is 2.47 bits per heavy atom. The van der Waals surface area contributed by atoms with Gasteiger partial charge >= 0.3 is 0 Å². The van der Waals surface area contributed by atoms with Gasteiger partial charge in [0, 0.05) is 41.8 Å². The van der Waals surface area contributed by atoms with Gasteiger partial charge in [-0.15, -0.1) is 0 Å². The van der Waals surface area contributed by atoms with Crippen molar-refractivity contribution in [3.63, 3.8) is 0 Å². The van der Waals surface area contributed by atoms with Crippen LogP contribution < -0.4 is 5.73 Å². The lowest BCUT2D eigenvalue weighted by Crippen LogP contribution is -2.11. The molecule has 4 rings (SSSR count). The number of nitrogens with two attached hydrogens (primary N) is 1. The molecule has 0 aliphatic heterocycles. The average Bonchev–Trinajstić information content (AvgIpc) is 3.01. The van der Waals surface area contributed by atoms with Gasteiger partial charge in [0.05, 0.1) is 17.0 Å². The Morgan fingerprint density at radius 2 is 1.77 bits per heavy atom. The van der Waals surface area contributed by atoms with Crippen LogP contribution in [0, 0.1) is 0 Å². The van der Waals surface area contributed by atoms with Gasteiger partial charge in [0.25, 0.3) is 0 Å². The highest BCUT2D eigenvalue weighted by Gasteiger charge is 2.17. The van der Waals surface area contributed by atoms with Gasteiger partial charge in [-0.2, -0.15) is 0 Å². The van der Waals surface area contributed by atoms with Crippen molar-refractivity contribution in [1.29, 1.82) is 0 Å². The first kappa shape index (κ1) is 20.1. The van der Waals surface area contributed by atoms with Crippen LogP contribution >= 0.6 is 0 Å². The van der Waals surface area contributed by atoms with Crippen molar-refractivity contribution in [3.05, 3.63) is 77.4 Å². The van der Waals surface area contributed by atoms with Gasteiger partial charge in [0.1, 0.15) is 0 Å². The predicted molar refractivity (Wildman–Crippen MR) is 117 cm³/mol. The molecule has 0 aliphatic carbocycles. The summed E-state index contributed by atoms with van der Waals surface area (Å²) < 4.78 is 31.3. The number of methoxy groups -OCH3 is 1. The fraction of sp³-hybridized carbons (Fsp3) is 0.174. The number of carbonyl (C=O) groups is 1. The Kier molecular flexibility index (Phi) is 5.09. The number of benzene rings is 3. The van der Waals surface area contributed by atoms with Crippen molar-refractivity contribution in [2.75, 3.05) is 13.4 Å². The van der Waals surface area contributed by atoms with Gasteiger partial charge in [-0.1, -0.05) is 30.3 Å². The van der Waals surface area contributed by atoms with Crippen LogP contribution in [0.3, 0.4) is 0 Å². The summed E-state index contributed by atoms with van der Waals surface area (Å²) in [6.07, 6.45) is 1.20. The van der Waals surface area contributed by atoms with Crippen LogP contribution in [0.5, 0.6) is 0 Å². The molecule has 1 aromatic heterocycles. The first-order valence-corrected chi connectivity index (χ1v) is 11.3. The SMILES string of the molecule is COCc1ccc2c3c(C(N)=O)cccc3n(Cc3cccc(S(C)(=O)=O)c3)c2c1. The van der Waals surface area contributed by atoms with E-state index in [4.69, 9.17) is 10.5 Å². The molecule has 2 N–H and O–H groups in total. The second-order valence-electron chi connectivity index (χ2n) is 7.35. The first-order chi connectivity index (χ1) is 14.3. The Hall–Kier alpha value is -3.16. The molecule has 1 heterocycles. The lowest BCUT2D eigenvalue weighted by molar-refractivity contribution is 0.100. The third-order valence-electron chi connectivity index (χ3n) is 5.20. The topological polar surface area (TPSA) is 91.4 Å². The molecule has 4 aromatic rings. The van der Waals surface area contributed by atoms with E-state index < -0.39 is 15.7 Å². The zero-order valence-electron chi connectivity index (χ0n) is 16.8. The van der Waals surface area contributed by atoms with E-state index in [0.717, 1.165) is 32.9 Å². The number of rotatable bonds is 6. The van der Waals surface area contributed by atoms with E-state index in [1.807, 2.05) is 30.3 Å². The van der Waals surface area contributed by atoms with Gasteiger partial charge in [-0.25, -0.2) is 8.42 Å². The number of nitrogens with zero attached hydrogens (tertiary/aromatic N) is 1. The third kappa shape index (κ3) is 3.58. The van der Waals surface area contributed by atoms with Crippen LogP contribution in [-0.2, 0) is 27.7 Å². The van der Waals surface area contributed by atoms with E-state index in [9.17, 15) is 13.2 Å². The van der Waals surface area contributed by atoms with E-state index in [-0.39, 0.29) is 4.90 Å². The van der Waals surface area contributed by atoms with Crippen LogP contribution in [0.1, 0.15) is 21.5 Å². The fourth-order valence-electron chi connectivity index (χ4n) is 3.88. The maximum atomic E-state index is 12.1. The van der Waals surface area contributed by atoms with E-state index in [1.165, 1.54) is 6.26 Å². The van der Waals surface area contributed by atoms with Crippen molar-refractivity contribution >= 4 is 37.6 Å². The van der Waals surface area contributed by atoms with Gasteiger partial charge in [-0.3, -0.25) is 4.79 Å². The molecule has 0 aliphatic rings. The van der Waals surface area contributed by atoms with Crippen molar-refractivity contribution < 1.29 is 17.9 Å². The molecule has 0 radical (unpaired) electrons. The van der Waals surface area contributed by atoms with Crippen LogP contribution in [0.4, 0.5) is 0 Å². The number of amides is 1. The summed E-state index contributed by atoms with van der Waals surface area (Å²) in [5.41, 5.74) is 9.74.